The Morgan fingerprint density at radius 2 is 1.95 bits per heavy atom. The number of rotatable bonds is 6. The molecule has 0 heterocycles. The Morgan fingerprint density at radius 1 is 1.27 bits per heavy atom. The Hall–Kier alpha value is -0.910. The maximum absolute atomic E-state index is 12.6. The molecule has 1 aromatic carbocycles. The molecule has 1 unspecified atom stereocenters. The van der Waals surface area contributed by atoms with Crippen LogP contribution in [0.3, 0.4) is 0 Å². The summed E-state index contributed by atoms with van der Waals surface area (Å²) in [6, 6.07) is 5.07. The molecular formula is C17H27NO3S. The number of hydrogen-bond acceptors (Lipinski definition) is 4. The minimum Gasteiger partial charge on any atom is -0.388 e. The largest absolute Gasteiger partial charge is 0.388 e. The van der Waals surface area contributed by atoms with Crippen molar-refractivity contribution in [3.05, 3.63) is 29.3 Å². The molecule has 2 rings (SSSR count). The van der Waals surface area contributed by atoms with E-state index in [2.05, 4.69) is 0 Å². The zero-order valence-corrected chi connectivity index (χ0v) is 14.1. The first-order chi connectivity index (χ1) is 10.4. The first kappa shape index (κ1) is 17.4. The molecule has 1 aromatic rings. The maximum Gasteiger partial charge on any atom is 0.178 e. The third kappa shape index (κ3) is 4.31. The number of aryl methyl sites for hydroxylation is 1. The van der Waals surface area contributed by atoms with Crippen molar-refractivity contribution in [2.75, 3.05) is 12.3 Å². The lowest BCUT2D eigenvalue weighted by atomic mass is 9.91. The van der Waals surface area contributed by atoms with Crippen LogP contribution in [0.1, 0.15) is 55.8 Å². The standard InChI is InChI=1S/C17H27NO3S/c1-13-7-8-15(11-16(13)17(19)9-10-18)22(20,21)12-14-5-3-2-4-6-14/h7-8,11,14,17,19H,2-6,9-10,12,18H2,1H3. The zero-order valence-electron chi connectivity index (χ0n) is 13.3. The lowest BCUT2D eigenvalue weighted by Crippen LogP contribution is -2.19. The van der Waals surface area contributed by atoms with Crippen molar-refractivity contribution < 1.29 is 13.5 Å². The van der Waals surface area contributed by atoms with Gasteiger partial charge in [-0.2, -0.15) is 0 Å². The van der Waals surface area contributed by atoms with Crippen molar-refractivity contribution in [3.8, 4) is 0 Å². The van der Waals surface area contributed by atoms with Gasteiger partial charge in [-0.15, -0.1) is 0 Å². The predicted molar refractivity (Wildman–Crippen MR) is 88.4 cm³/mol. The fourth-order valence-electron chi connectivity index (χ4n) is 3.24. The molecular weight excluding hydrogens is 298 g/mol. The van der Waals surface area contributed by atoms with E-state index in [1.807, 2.05) is 6.92 Å². The molecule has 0 saturated heterocycles. The van der Waals surface area contributed by atoms with Crippen molar-refractivity contribution in [2.45, 2.75) is 56.4 Å². The van der Waals surface area contributed by atoms with Crippen LogP contribution in [0.15, 0.2) is 23.1 Å². The summed E-state index contributed by atoms with van der Waals surface area (Å²) >= 11 is 0. The van der Waals surface area contributed by atoms with Crippen LogP contribution in [-0.2, 0) is 9.84 Å². The van der Waals surface area contributed by atoms with E-state index in [-0.39, 0.29) is 11.7 Å². The van der Waals surface area contributed by atoms with E-state index in [9.17, 15) is 13.5 Å². The van der Waals surface area contributed by atoms with E-state index in [1.165, 1.54) is 6.42 Å². The molecule has 0 bridgehead atoms. The smallest absolute Gasteiger partial charge is 0.178 e. The third-order valence-electron chi connectivity index (χ3n) is 4.59. The van der Waals surface area contributed by atoms with E-state index in [1.54, 1.807) is 18.2 Å². The van der Waals surface area contributed by atoms with Crippen LogP contribution in [0.2, 0.25) is 0 Å². The van der Waals surface area contributed by atoms with Gasteiger partial charge in [-0.1, -0.05) is 25.3 Å². The Balaban J connectivity index is 2.21. The highest BCUT2D eigenvalue weighted by molar-refractivity contribution is 7.91. The molecule has 0 spiro atoms. The van der Waals surface area contributed by atoms with E-state index >= 15 is 0 Å². The summed E-state index contributed by atoms with van der Waals surface area (Å²) in [5.41, 5.74) is 7.06. The second kappa shape index (κ2) is 7.57. The van der Waals surface area contributed by atoms with E-state index in [4.69, 9.17) is 5.73 Å². The predicted octanol–water partition coefficient (Wildman–Crippen LogP) is 2.73. The Kier molecular flexibility index (Phi) is 6.01. The number of sulfone groups is 1. The van der Waals surface area contributed by atoms with Gasteiger partial charge in [0.1, 0.15) is 0 Å². The number of nitrogens with two attached hydrogens (primary N) is 1. The summed E-state index contributed by atoms with van der Waals surface area (Å²) in [4.78, 5) is 0.328. The minimum absolute atomic E-state index is 0.225. The first-order valence-electron chi connectivity index (χ1n) is 8.15. The summed E-state index contributed by atoms with van der Waals surface area (Å²) in [5.74, 6) is 0.500. The highest BCUT2D eigenvalue weighted by Gasteiger charge is 2.24. The molecule has 5 heteroatoms. The molecule has 0 aliphatic heterocycles. The lowest BCUT2D eigenvalue weighted by Gasteiger charge is -2.22. The maximum atomic E-state index is 12.6. The van der Waals surface area contributed by atoms with E-state index < -0.39 is 15.9 Å². The SMILES string of the molecule is Cc1ccc(S(=O)(=O)CC2CCCCC2)cc1C(O)CCN. The van der Waals surface area contributed by atoms with Gasteiger partial charge in [-0.3, -0.25) is 0 Å². The van der Waals surface area contributed by atoms with E-state index in [0.717, 1.165) is 31.2 Å². The molecule has 0 aromatic heterocycles. The summed E-state index contributed by atoms with van der Waals surface area (Å²) in [7, 11) is -3.29. The van der Waals surface area contributed by atoms with Crippen LogP contribution < -0.4 is 5.73 Å². The summed E-state index contributed by atoms with van der Waals surface area (Å²) in [6.07, 6.45) is 5.24. The van der Waals surface area contributed by atoms with E-state index in [0.29, 0.717) is 23.4 Å². The Labute approximate surface area is 133 Å². The number of hydrogen-bond donors (Lipinski definition) is 2. The number of aliphatic hydroxyl groups excluding tert-OH is 1. The zero-order chi connectivity index (χ0) is 16.2. The number of aliphatic hydroxyl groups is 1. The van der Waals surface area contributed by atoms with Gasteiger partial charge in [-0.05, 0) is 61.9 Å². The highest BCUT2D eigenvalue weighted by Crippen LogP contribution is 2.29. The van der Waals surface area contributed by atoms with Crippen LogP contribution in [0.25, 0.3) is 0 Å². The molecule has 0 radical (unpaired) electrons. The molecule has 22 heavy (non-hydrogen) atoms. The van der Waals surface area contributed by atoms with Gasteiger partial charge in [0.2, 0.25) is 0 Å². The highest BCUT2D eigenvalue weighted by atomic mass is 32.2. The van der Waals surface area contributed by atoms with Crippen LogP contribution in [0.5, 0.6) is 0 Å². The molecule has 1 fully saturated rings. The van der Waals surface area contributed by atoms with Crippen LogP contribution in [0.4, 0.5) is 0 Å². The minimum atomic E-state index is -3.29. The Morgan fingerprint density at radius 3 is 2.59 bits per heavy atom. The molecule has 1 atom stereocenters. The third-order valence-corrected chi connectivity index (χ3v) is 6.47. The first-order valence-corrected chi connectivity index (χ1v) is 9.80. The van der Waals surface area contributed by atoms with Gasteiger partial charge in [0, 0.05) is 0 Å². The summed E-state index contributed by atoms with van der Waals surface area (Å²) in [6.45, 7) is 2.26. The Bertz CT molecular complexity index is 592. The lowest BCUT2D eigenvalue weighted by molar-refractivity contribution is 0.169. The monoisotopic (exact) mass is 325 g/mol. The molecule has 1 aliphatic rings. The molecule has 124 valence electrons. The van der Waals surface area contributed by atoms with Gasteiger partial charge in [0.25, 0.3) is 0 Å². The topological polar surface area (TPSA) is 80.4 Å². The molecule has 1 aliphatic carbocycles. The molecule has 0 amide bonds. The van der Waals surface area contributed by atoms with Crippen molar-refractivity contribution in [2.24, 2.45) is 11.7 Å². The van der Waals surface area contributed by atoms with Crippen LogP contribution in [-0.4, -0.2) is 25.8 Å². The van der Waals surface area contributed by atoms with Gasteiger partial charge >= 0.3 is 0 Å². The van der Waals surface area contributed by atoms with Crippen molar-refractivity contribution >= 4 is 9.84 Å². The summed E-state index contributed by atoms with van der Waals surface area (Å²) < 4.78 is 25.3. The van der Waals surface area contributed by atoms with Gasteiger partial charge in [0.15, 0.2) is 9.84 Å². The summed E-state index contributed by atoms with van der Waals surface area (Å²) in [5, 5.41) is 10.1. The van der Waals surface area contributed by atoms with Crippen LogP contribution in [0, 0.1) is 12.8 Å². The average molecular weight is 325 g/mol. The second-order valence-electron chi connectivity index (χ2n) is 6.40. The average Bonchev–Trinajstić information content (AvgIpc) is 2.48. The van der Waals surface area contributed by atoms with Gasteiger partial charge in [0.05, 0.1) is 16.8 Å². The van der Waals surface area contributed by atoms with Crippen LogP contribution >= 0.6 is 0 Å². The fraction of sp³-hybridized carbons (Fsp3) is 0.647. The van der Waals surface area contributed by atoms with Gasteiger partial charge < -0.3 is 10.8 Å². The fourth-order valence-corrected chi connectivity index (χ4v) is 4.97. The quantitative estimate of drug-likeness (QED) is 0.843. The molecule has 4 nitrogen and oxygen atoms in total. The normalized spacial score (nSPS) is 18.3. The van der Waals surface area contributed by atoms with Crippen molar-refractivity contribution in [1.29, 1.82) is 0 Å². The molecule has 3 N–H and O–H groups in total. The molecule has 1 saturated carbocycles. The van der Waals surface area contributed by atoms with Gasteiger partial charge in [-0.25, -0.2) is 8.42 Å². The second-order valence-corrected chi connectivity index (χ2v) is 8.43. The van der Waals surface area contributed by atoms with Crippen molar-refractivity contribution in [3.63, 3.8) is 0 Å². The number of benzene rings is 1. The van der Waals surface area contributed by atoms with Crippen molar-refractivity contribution in [1.82, 2.24) is 0 Å².